The summed E-state index contributed by atoms with van der Waals surface area (Å²) in [7, 11) is -2.94. The van der Waals surface area contributed by atoms with E-state index >= 15 is 0 Å². The molecule has 2 aliphatic carbocycles. The predicted molar refractivity (Wildman–Crippen MR) is 223 cm³/mol. The molecular weight excluding hydrogens is 656 g/mol. The first kappa shape index (κ1) is 49.8. The van der Waals surface area contributed by atoms with Crippen molar-refractivity contribution in [2.24, 2.45) is 22.4 Å². The van der Waals surface area contributed by atoms with Gasteiger partial charge in [0, 0.05) is 17.2 Å². The average molecular weight is 727 g/mol. The number of hydrogen-bond acceptors (Lipinski definition) is 4. The van der Waals surface area contributed by atoms with Crippen molar-refractivity contribution in [2.45, 2.75) is 134 Å². The third kappa shape index (κ3) is 18.2. The second kappa shape index (κ2) is 24.0. The number of nitrogens with one attached hydrogen (secondary N) is 1. The van der Waals surface area contributed by atoms with Gasteiger partial charge in [0.05, 0.1) is 5.25 Å². The number of fused-ring (bicyclic) bond motifs is 3. The van der Waals surface area contributed by atoms with Gasteiger partial charge in [-0.05, 0) is 93.4 Å². The van der Waals surface area contributed by atoms with Crippen LogP contribution in [0.5, 0.6) is 0 Å². The topological polar surface area (TPSA) is 67.8 Å². The maximum atomic E-state index is 13.0. The molecule has 0 bridgehead atoms. The van der Waals surface area contributed by atoms with Crippen LogP contribution in [0.4, 0.5) is 4.39 Å². The maximum Gasteiger partial charge on any atom is 0.214 e. The first-order valence-corrected chi connectivity index (χ1v) is 19.2. The van der Waals surface area contributed by atoms with E-state index in [2.05, 4.69) is 108 Å². The Balaban J connectivity index is 0. The van der Waals surface area contributed by atoms with Crippen LogP contribution in [0.3, 0.4) is 0 Å². The highest BCUT2D eigenvalue weighted by Gasteiger charge is 2.35. The van der Waals surface area contributed by atoms with E-state index < -0.39 is 10.0 Å². The maximum absolute atomic E-state index is 13.0. The summed E-state index contributed by atoms with van der Waals surface area (Å²) in [6.45, 7) is 29.2. The summed E-state index contributed by atoms with van der Waals surface area (Å²) in [5, 5.41) is 4.23. The summed E-state index contributed by atoms with van der Waals surface area (Å²) in [6.07, 6.45) is 3.67. The van der Waals surface area contributed by atoms with E-state index in [1.165, 1.54) is 17.2 Å². The molecule has 0 atom stereocenters. The summed E-state index contributed by atoms with van der Waals surface area (Å²) in [5.74, 6) is 1.37. The highest BCUT2D eigenvalue weighted by Crippen LogP contribution is 2.36. The van der Waals surface area contributed by atoms with Crippen LogP contribution in [0.2, 0.25) is 0 Å². The molecule has 3 aromatic rings. The van der Waals surface area contributed by atoms with Crippen LogP contribution >= 0.6 is 0 Å². The number of halogens is 1. The molecule has 51 heavy (non-hydrogen) atoms. The Labute approximate surface area is 313 Å². The summed E-state index contributed by atoms with van der Waals surface area (Å²) in [6, 6.07) is 23.7. The van der Waals surface area contributed by atoms with Gasteiger partial charge in [-0.3, -0.25) is 0 Å². The Hall–Kier alpha value is -3.29. The molecule has 288 valence electrons. The molecule has 1 saturated carbocycles. The summed E-state index contributed by atoms with van der Waals surface area (Å²) >= 11 is 0. The number of aryl methyl sites for hydroxylation is 1. The van der Waals surface area contributed by atoms with Crippen LogP contribution in [-0.4, -0.2) is 31.5 Å². The van der Waals surface area contributed by atoms with E-state index in [4.69, 9.17) is 4.84 Å². The minimum atomic E-state index is -2.94. The minimum Gasteiger partial charge on any atom is -0.393 e. The van der Waals surface area contributed by atoms with Crippen LogP contribution in [0.15, 0.2) is 91.1 Å². The molecule has 0 aromatic heterocycles. The Morgan fingerprint density at radius 3 is 1.55 bits per heavy atom. The molecule has 1 fully saturated rings. The molecule has 0 amide bonds. The van der Waals surface area contributed by atoms with Gasteiger partial charge in [0.1, 0.15) is 17.6 Å². The van der Waals surface area contributed by atoms with Gasteiger partial charge in [-0.25, -0.2) is 17.5 Å². The van der Waals surface area contributed by atoms with Crippen molar-refractivity contribution in [1.29, 1.82) is 0 Å². The molecule has 7 heteroatoms. The molecule has 0 aliphatic heterocycles. The summed E-state index contributed by atoms with van der Waals surface area (Å²) in [5.41, 5.74) is 7.05. The lowest BCUT2D eigenvalue weighted by Gasteiger charge is -2.22. The van der Waals surface area contributed by atoms with Gasteiger partial charge in [0.15, 0.2) is 0 Å². The van der Waals surface area contributed by atoms with Gasteiger partial charge in [0.25, 0.3) is 0 Å². The highest BCUT2D eigenvalue weighted by atomic mass is 32.2. The van der Waals surface area contributed by atoms with Gasteiger partial charge in [-0.2, -0.15) is 0 Å². The molecule has 2 aliphatic rings. The quantitative estimate of drug-likeness (QED) is 0.145. The molecule has 0 radical (unpaired) electrons. The summed E-state index contributed by atoms with van der Waals surface area (Å²) < 4.78 is 37.8. The third-order valence-corrected chi connectivity index (χ3v) is 10.2. The first-order valence-electron chi connectivity index (χ1n) is 17.6. The molecule has 3 aromatic carbocycles. The van der Waals surface area contributed by atoms with E-state index in [0.29, 0.717) is 11.3 Å². The van der Waals surface area contributed by atoms with Gasteiger partial charge in [-0.1, -0.05) is 135 Å². The zero-order chi connectivity index (χ0) is 37.4. The lowest BCUT2D eigenvalue weighted by atomic mass is 9.84. The van der Waals surface area contributed by atoms with E-state index in [9.17, 15) is 12.8 Å². The lowest BCUT2D eigenvalue weighted by molar-refractivity contribution is 0.0863. The number of rotatable bonds is 8. The Kier molecular flexibility index (Phi) is 23.5. The molecule has 5 rings (SSSR count). The van der Waals surface area contributed by atoms with Crippen LogP contribution < -0.4 is 4.72 Å². The van der Waals surface area contributed by atoms with Crippen LogP contribution in [0, 0.1) is 23.1 Å². The Bertz CT molecular complexity index is 1490. The zero-order valence-corrected chi connectivity index (χ0v) is 32.8. The first-order chi connectivity index (χ1) is 22.9. The number of benzene rings is 3. The molecule has 5 nitrogen and oxygen atoms in total. The van der Waals surface area contributed by atoms with Gasteiger partial charge < -0.3 is 4.84 Å². The molecule has 0 saturated heterocycles. The number of oxime groups is 1. The molecule has 0 spiro atoms. The zero-order valence-electron chi connectivity index (χ0n) is 32.0. The van der Waals surface area contributed by atoms with Crippen LogP contribution in [-0.2, 0) is 21.3 Å². The van der Waals surface area contributed by atoms with Crippen molar-refractivity contribution in [3.63, 3.8) is 0 Å². The van der Waals surface area contributed by atoms with Crippen LogP contribution in [0.1, 0.15) is 127 Å². The number of hydrogen-bond donors (Lipinski definition) is 1. The molecule has 1 N–H and O–H groups in total. The Morgan fingerprint density at radius 2 is 1.20 bits per heavy atom. The van der Waals surface area contributed by atoms with Crippen molar-refractivity contribution in [3.8, 4) is 11.1 Å². The second-order valence-electron chi connectivity index (χ2n) is 14.7. The SMILES string of the molecule is C.C.C=C.CC(C)C(C)(C)C.CC(C)CCc1ccccc1F.CC(C)NS(=O)(=O)C1CC1.CC(C)ON=C1c2ccccc2-c2ccccc21. The fraction of sp³-hybridized carbons (Fsp3) is 0.523. The highest BCUT2D eigenvalue weighted by molar-refractivity contribution is 7.90. The van der Waals surface area contributed by atoms with Crippen LogP contribution in [0.25, 0.3) is 11.1 Å². The monoisotopic (exact) mass is 727 g/mol. The summed E-state index contributed by atoms with van der Waals surface area (Å²) in [4.78, 5) is 5.43. The Morgan fingerprint density at radius 1 is 0.784 bits per heavy atom. The van der Waals surface area contributed by atoms with Crippen molar-refractivity contribution in [1.82, 2.24) is 4.72 Å². The molecule has 0 heterocycles. The smallest absolute Gasteiger partial charge is 0.214 e. The van der Waals surface area contributed by atoms with Crippen molar-refractivity contribution < 1.29 is 17.6 Å². The average Bonchev–Trinajstić information content (AvgIpc) is 3.85. The van der Waals surface area contributed by atoms with E-state index in [1.807, 2.05) is 52.0 Å². The van der Waals surface area contributed by atoms with Gasteiger partial charge in [-0.15, -0.1) is 13.2 Å². The number of nitrogens with zero attached hydrogens (tertiary/aromatic N) is 1. The van der Waals surface area contributed by atoms with E-state index in [-0.39, 0.29) is 38.1 Å². The fourth-order valence-electron chi connectivity index (χ4n) is 4.20. The molecule has 0 unspecified atom stereocenters. The van der Waals surface area contributed by atoms with Crippen molar-refractivity contribution >= 4 is 15.7 Å². The van der Waals surface area contributed by atoms with Gasteiger partial charge in [0.2, 0.25) is 10.0 Å². The second-order valence-corrected chi connectivity index (χ2v) is 16.7. The van der Waals surface area contributed by atoms with E-state index in [0.717, 1.165) is 54.0 Å². The molecular formula is C44H71FN2O3S. The van der Waals surface area contributed by atoms with Crippen molar-refractivity contribution in [2.75, 3.05) is 0 Å². The third-order valence-electron chi connectivity index (χ3n) is 8.05. The standard InChI is InChI=1S/C16H15NO.C11H15F.C7H16.C6H13NO2S.C2H4.2CH4/c1-11(2)18-17-16-14-9-5-3-7-12(14)13-8-4-6-10-15(13)16;1-9(2)7-8-10-5-3-4-6-11(10)12;1-6(2)7(3,4)5;1-5(2)7-10(8,9)6-3-4-6;1-2;;/h3-11H,1-2H3;3-6,9H,7-8H2,1-2H3;6H,1-5H3;5-7H,3-4H2,1-2H3;1-2H2;2*1H4. The fourth-order valence-corrected chi connectivity index (χ4v) is 5.81. The largest absolute Gasteiger partial charge is 0.393 e. The minimum absolute atomic E-state index is 0. The normalized spacial score (nSPS) is 12.6. The number of sulfonamides is 1. The van der Waals surface area contributed by atoms with Crippen molar-refractivity contribution in [3.05, 3.63) is 108 Å². The van der Waals surface area contributed by atoms with E-state index in [1.54, 1.807) is 6.07 Å². The lowest BCUT2D eigenvalue weighted by Crippen LogP contribution is -2.32. The van der Waals surface area contributed by atoms with Gasteiger partial charge >= 0.3 is 0 Å². The predicted octanol–water partition coefficient (Wildman–Crippen LogP) is 12.5.